The lowest BCUT2D eigenvalue weighted by molar-refractivity contribution is 0.0526. The SMILES string of the molecule is CC(C)(C)OC(=O)NCCN(O)c1ccc(C(=O)O)cc1. The van der Waals surface area contributed by atoms with Gasteiger partial charge in [-0.2, -0.15) is 0 Å². The first-order chi connectivity index (χ1) is 9.69. The molecule has 0 heterocycles. The molecule has 0 aliphatic rings. The van der Waals surface area contributed by atoms with Crippen molar-refractivity contribution in [1.29, 1.82) is 0 Å². The molecule has 7 nitrogen and oxygen atoms in total. The maximum atomic E-state index is 11.4. The molecule has 7 heteroatoms. The Hall–Kier alpha value is -2.28. The van der Waals surface area contributed by atoms with Crippen molar-refractivity contribution in [3.05, 3.63) is 29.8 Å². The summed E-state index contributed by atoms with van der Waals surface area (Å²) in [4.78, 5) is 22.1. The predicted molar refractivity (Wildman–Crippen MR) is 76.8 cm³/mol. The van der Waals surface area contributed by atoms with Crippen LogP contribution < -0.4 is 10.4 Å². The van der Waals surface area contributed by atoms with Crippen LogP contribution in [0.25, 0.3) is 0 Å². The number of hydrogen-bond donors (Lipinski definition) is 3. The van der Waals surface area contributed by atoms with Gasteiger partial charge in [-0.05, 0) is 45.0 Å². The first kappa shape index (κ1) is 16.8. The second-order valence-corrected chi connectivity index (χ2v) is 5.40. The van der Waals surface area contributed by atoms with Gasteiger partial charge in [-0.15, -0.1) is 0 Å². The van der Waals surface area contributed by atoms with E-state index in [1.807, 2.05) is 0 Å². The Morgan fingerprint density at radius 2 is 1.81 bits per heavy atom. The summed E-state index contributed by atoms with van der Waals surface area (Å²) >= 11 is 0. The molecule has 116 valence electrons. The van der Waals surface area contributed by atoms with E-state index in [9.17, 15) is 14.8 Å². The van der Waals surface area contributed by atoms with Crippen LogP contribution in [0.4, 0.5) is 10.5 Å². The molecule has 0 atom stereocenters. The zero-order valence-corrected chi connectivity index (χ0v) is 12.3. The van der Waals surface area contributed by atoms with Gasteiger partial charge in [0.2, 0.25) is 0 Å². The molecule has 0 aromatic heterocycles. The van der Waals surface area contributed by atoms with E-state index in [1.54, 1.807) is 20.8 Å². The fourth-order valence-electron chi connectivity index (χ4n) is 1.48. The highest BCUT2D eigenvalue weighted by Gasteiger charge is 2.15. The van der Waals surface area contributed by atoms with Crippen LogP contribution in [0.1, 0.15) is 31.1 Å². The first-order valence-corrected chi connectivity index (χ1v) is 6.45. The predicted octanol–water partition coefficient (Wildman–Crippen LogP) is 2.11. The minimum absolute atomic E-state index is 0.138. The Balaban J connectivity index is 2.42. The molecular weight excluding hydrogens is 276 g/mol. The van der Waals surface area contributed by atoms with Gasteiger partial charge in [-0.25, -0.2) is 9.59 Å². The molecule has 0 aliphatic heterocycles. The van der Waals surface area contributed by atoms with Crippen molar-refractivity contribution < 1.29 is 24.6 Å². The standard InChI is InChI=1S/C14H20N2O5/c1-14(2,3)21-13(19)15-8-9-16(20)11-6-4-10(5-7-11)12(17)18/h4-7,20H,8-9H2,1-3H3,(H,15,19)(H,17,18). The average Bonchev–Trinajstić information content (AvgIpc) is 2.36. The summed E-state index contributed by atoms with van der Waals surface area (Å²) in [6, 6.07) is 5.75. The maximum absolute atomic E-state index is 11.4. The van der Waals surface area contributed by atoms with Crippen molar-refractivity contribution in [2.75, 3.05) is 18.2 Å². The smallest absolute Gasteiger partial charge is 0.407 e. The summed E-state index contributed by atoms with van der Waals surface area (Å²) in [7, 11) is 0. The highest BCUT2D eigenvalue weighted by molar-refractivity contribution is 5.88. The first-order valence-electron chi connectivity index (χ1n) is 6.45. The van der Waals surface area contributed by atoms with Crippen LogP contribution in [0, 0.1) is 0 Å². The van der Waals surface area contributed by atoms with Gasteiger partial charge in [-0.1, -0.05) is 0 Å². The van der Waals surface area contributed by atoms with Gasteiger partial charge in [0.25, 0.3) is 0 Å². The molecule has 0 saturated heterocycles. The minimum atomic E-state index is -1.03. The van der Waals surface area contributed by atoms with Crippen LogP contribution in [0.5, 0.6) is 0 Å². The molecular formula is C14H20N2O5. The van der Waals surface area contributed by atoms with Gasteiger partial charge >= 0.3 is 12.1 Å². The number of carbonyl (C=O) groups excluding carboxylic acids is 1. The summed E-state index contributed by atoms with van der Waals surface area (Å²) < 4.78 is 5.05. The Morgan fingerprint density at radius 1 is 1.24 bits per heavy atom. The number of nitrogens with one attached hydrogen (secondary N) is 1. The number of rotatable bonds is 5. The van der Waals surface area contributed by atoms with Crippen LogP contribution in [0.2, 0.25) is 0 Å². The van der Waals surface area contributed by atoms with Crippen molar-refractivity contribution >= 4 is 17.7 Å². The summed E-state index contributed by atoms with van der Waals surface area (Å²) in [6.07, 6.45) is -0.558. The highest BCUT2D eigenvalue weighted by Crippen LogP contribution is 2.13. The molecule has 0 radical (unpaired) electrons. The van der Waals surface area contributed by atoms with Crippen LogP contribution in [0.15, 0.2) is 24.3 Å². The quantitative estimate of drug-likeness (QED) is 0.720. The van der Waals surface area contributed by atoms with E-state index in [0.29, 0.717) is 5.69 Å². The number of hydrogen-bond acceptors (Lipinski definition) is 5. The molecule has 0 saturated carbocycles. The van der Waals surface area contributed by atoms with Crippen LogP contribution in [-0.4, -0.2) is 41.1 Å². The summed E-state index contributed by atoms with van der Waals surface area (Å²) in [5.74, 6) is -1.03. The molecule has 0 bridgehead atoms. The number of hydroxylamine groups is 1. The third-order valence-electron chi connectivity index (χ3n) is 2.40. The maximum Gasteiger partial charge on any atom is 0.407 e. The van der Waals surface area contributed by atoms with Gasteiger partial charge in [0.05, 0.1) is 17.8 Å². The van der Waals surface area contributed by atoms with Crippen molar-refractivity contribution in [2.24, 2.45) is 0 Å². The topological polar surface area (TPSA) is 99.1 Å². The molecule has 1 aromatic carbocycles. The summed E-state index contributed by atoms with van der Waals surface area (Å²) in [6.45, 7) is 5.61. The zero-order chi connectivity index (χ0) is 16.0. The zero-order valence-electron chi connectivity index (χ0n) is 12.3. The number of anilines is 1. The second kappa shape index (κ2) is 6.94. The fourth-order valence-corrected chi connectivity index (χ4v) is 1.48. The van der Waals surface area contributed by atoms with Gasteiger partial charge in [-0.3, -0.25) is 10.3 Å². The summed E-state index contributed by atoms with van der Waals surface area (Å²) in [5.41, 5.74) is 0.000330. The second-order valence-electron chi connectivity index (χ2n) is 5.40. The lowest BCUT2D eigenvalue weighted by Crippen LogP contribution is -2.37. The van der Waals surface area contributed by atoms with Gasteiger partial charge in [0.15, 0.2) is 0 Å². The third-order valence-corrected chi connectivity index (χ3v) is 2.40. The van der Waals surface area contributed by atoms with E-state index in [1.165, 1.54) is 24.3 Å². The Kier molecular flexibility index (Phi) is 5.54. The Labute approximate surface area is 123 Å². The lowest BCUT2D eigenvalue weighted by Gasteiger charge is -2.21. The monoisotopic (exact) mass is 296 g/mol. The van der Waals surface area contributed by atoms with Gasteiger partial charge < -0.3 is 15.2 Å². The fraction of sp³-hybridized carbons (Fsp3) is 0.429. The van der Waals surface area contributed by atoms with Gasteiger partial charge in [0, 0.05) is 6.54 Å². The molecule has 1 aromatic rings. The number of ether oxygens (including phenoxy) is 1. The molecule has 1 rings (SSSR count). The van der Waals surface area contributed by atoms with E-state index in [4.69, 9.17) is 9.84 Å². The minimum Gasteiger partial charge on any atom is -0.478 e. The normalized spacial score (nSPS) is 10.9. The number of amides is 1. The number of aromatic carboxylic acids is 1. The van der Waals surface area contributed by atoms with Crippen LogP contribution in [-0.2, 0) is 4.74 Å². The molecule has 1 amide bonds. The van der Waals surface area contributed by atoms with Crippen molar-refractivity contribution in [2.45, 2.75) is 26.4 Å². The molecule has 0 unspecified atom stereocenters. The summed E-state index contributed by atoms with van der Waals surface area (Å²) in [5, 5.41) is 22.0. The van der Waals surface area contributed by atoms with E-state index < -0.39 is 17.7 Å². The van der Waals surface area contributed by atoms with Crippen molar-refractivity contribution in [1.82, 2.24) is 5.32 Å². The molecule has 0 aliphatic carbocycles. The molecule has 3 N–H and O–H groups in total. The number of carboxylic acid groups (broad SMARTS) is 1. The van der Waals surface area contributed by atoms with E-state index in [2.05, 4.69) is 5.32 Å². The largest absolute Gasteiger partial charge is 0.478 e. The van der Waals surface area contributed by atoms with Gasteiger partial charge in [0.1, 0.15) is 5.60 Å². The van der Waals surface area contributed by atoms with Crippen LogP contribution in [0.3, 0.4) is 0 Å². The Bertz CT molecular complexity index is 493. The van der Waals surface area contributed by atoms with Crippen molar-refractivity contribution in [3.8, 4) is 0 Å². The van der Waals surface area contributed by atoms with Crippen molar-refractivity contribution in [3.63, 3.8) is 0 Å². The number of nitrogens with zero attached hydrogens (tertiary/aromatic N) is 1. The number of benzene rings is 1. The number of carbonyl (C=O) groups is 2. The average molecular weight is 296 g/mol. The highest BCUT2D eigenvalue weighted by atomic mass is 16.6. The van der Waals surface area contributed by atoms with E-state index in [0.717, 1.165) is 5.06 Å². The number of alkyl carbamates (subject to hydrolysis) is 1. The molecule has 21 heavy (non-hydrogen) atoms. The third kappa shape index (κ3) is 6.13. The lowest BCUT2D eigenvalue weighted by atomic mass is 10.2. The molecule has 0 spiro atoms. The molecule has 0 fully saturated rings. The van der Waals surface area contributed by atoms with Crippen LogP contribution >= 0.6 is 0 Å². The van der Waals surface area contributed by atoms with E-state index in [-0.39, 0.29) is 18.7 Å². The van der Waals surface area contributed by atoms with E-state index >= 15 is 0 Å². The Morgan fingerprint density at radius 3 is 2.29 bits per heavy atom. The number of carboxylic acids is 1.